The Balaban J connectivity index is 2.00. The van der Waals surface area contributed by atoms with Crippen molar-refractivity contribution in [3.8, 4) is 6.07 Å². The molecule has 2 amide bonds. The predicted octanol–water partition coefficient (Wildman–Crippen LogP) is 0.640. The summed E-state index contributed by atoms with van der Waals surface area (Å²) in [6, 6.07) is 3.68. The second-order valence-electron chi connectivity index (χ2n) is 6.39. The van der Waals surface area contributed by atoms with E-state index in [0.29, 0.717) is 25.2 Å². The zero-order valence-corrected chi connectivity index (χ0v) is 15.1. The molecule has 1 aromatic rings. The number of carbonyl (C=O) groups is 2. The summed E-state index contributed by atoms with van der Waals surface area (Å²) in [6.45, 7) is 3.94. The first-order valence-corrected chi connectivity index (χ1v) is 8.61. The summed E-state index contributed by atoms with van der Waals surface area (Å²) in [5.41, 5.74) is 0.403. The number of nitriles is 1. The monoisotopic (exact) mass is 346 g/mol. The highest BCUT2D eigenvalue weighted by Crippen LogP contribution is 2.23. The largest absolute Gasteiger partial charge is 0.354 e. The Bertz CT molecular complexity index is 650. The molecule has 1 aromatic heterocycles. The summed E-state index contributed by atoms with van der Waals surface area (Å²) < 4.78 is 1.83. The number of likely N-dealkylation sites (tertiary alicyclic amines) is 1. The van der Waals surface area contributed by atoms with Gasteiger partial charge in [-0.2, -0.15) is 10.4 Å². The van der Waals surface area contributed by atoms with Crippen LogP contribution in [-0.4, -0.2) is 71.2 Å². The number of amides is 2. The third-order valence-electron chi connectivity index (χ3n) is 4.71. The van der Waals surface area contributed by atoms with Gasteiger partial charge in [0.25, 0.3) is 5.91 Å². The van der Waals surface area contributed by atoms with Gasteiger partial charge in [0.05, 0.1) is 24.6 Å². The fraction of sp³-hybridized carbons (Fsp3) is 0.647. The summed E-state index contributed by atoms with van der Waals surface area (Å²) in [5, 5.41) is 15.6. The average Bonchev–Trinajstić information content (AvgIpc) is 3.14. The predicted molar refractivity (Wildman–Crippen MR) is 92.8 cm³/mol. The van der Waals surface area contributed by atoms with Crippen LogP contribution in [0.3, 0.4) is 0 Å². The van der Waals surface area contributed by atoms with E-state index in [1.165, 1.54) is 0 Å². The van der Waals surface area contributed by atoms with E-state index in [2.05, 4.69) is 21.4 Å². The summed E-state index contributed by atoms with van der Waals surface area (Å²) in [7, 11) is 3.32. The van der Waals surface area contributed by atoms with Crippen LogP contribution in [0.4, 0.5) is 0 Å². The second-order valence-corrected chi connectivity index (χ2v) is 6.39. The number of aromatic nitrogens is 2. The lowest BCUT2D eigenvalue weighted by Crippen LogP contribution is -2.50. The first kappa shape index (κ1) is 18.9. The van der Waals surface area contributed by atoms with E-state index in [4.69, 9.17) is 5.26 Å². The molecule has 1 fully saturated rings. The fourth-order valence-corrected chi connectivity index (χ4v) is 3.14. The molecule has 1 aliphatic rings. The molecule has 0 aromatic carbocycles. The Morgan fingerprint density at radius 1 is 1.56 bits per heavy atom. The van der Waals surface area contributed by atoms with Crippen molar-refractivity contribution >= 4 is 11.8 Å². The van der Waals surface area contributed by atoms with E-state index < -0.39 is 0 Å². The molecule has 0 saturated carbocycles. The molecule has 25 heavy (non-hydrogen) atoms. The minimum Gasteiger partial charge on any atom is -0.354 e. The van der Waals surface area contributed by atoms with Gasteiger partial charge in [-0.1, -0.05) is 0 Å². The quantitative estimate of drug-likeness (QED) is 0.816. The fourth-order valence-electron chi connectivity index (χ4n) is 3.14. The van der Waals surface area contributed by atoms with Gasteiger partial charge in [0.15, 0.2) is 0 Å². The van der Waals surface area contributed by atoms with Crippen LogP contribution in [0.1, 0.15) is 42.7 Å². The molecule has 1 aliphatic heterocycles. The van der Waals surface area contributed by atoms with E-state index >= 15 is 0 Å². The lowest BCUT2D eigenvalue weighted by Gasteiger charge is -2.37. The number of rotatable bonds is 6. The second kappa shape index (κ2) is 8.62. The Hall–Kier alpha value is -2.40. The molecule has 2 rings (SSSR count). The Morgan fingerprint density at radius 3 is 3.00 bits per heavy atom. The van der Waals surface area contributed by atoms with Gasteiger partial charge >= 0.3 is 0 Å². The summed E-state index contributed by atoms with van der Waals surface area (Å²) in [6.07, 6.45) is 4.10. The summed E-state index contributed by atoms with van der Waals surface area (Å²) >= 11 is 0. The van der Waals surface area contributed by atoms with Gasteiger partial charge in [-0.25, -0.2) is 0 Å². The number of nitrogens with one attached hydrogen (secondary N) is 1. The summed E-state index contributed by atoms with van der Waals surface area (Å²) in [4.78, 5) is 28.0. The molecule has 0 radical (unpaired) electrons. The lowest BCUT2D eigenvalue weighted by atomic mass is 10.0. The standard InChI is InChI=1S/C17H26N6O2/c1-13(17(25)21(3)9-5-8-18)22-10-4-6-14(12-22)23-11-7-15(20-23)16(24)19-2/h7,11,13-14H,4-6,9-10,12H2,1-3H3,(H,19,24). The Labute approximate surface area is 148 Å². The van der Waals surface area contributed by atoms with Crippen LogP contribution in [-0.2, 0) is 4.79 Å². The lowest BCUT2D eigenvalue weighted by molar-refractivity contribution is -0.135. The van der Waals surface area contributed by atoms with E-state index in [0.717, 1.165) is 19.4 Å². The maximum atomic E-state index is 12.5. The zero-order chi connectivity index (χ0) is 18.4. The first-order valence-electron chi connectivity index (χ1n) is 8.61. The van der Waals surface area contributed by atoms with Crippen LogP contribution >= 0.6 is 0 Å². The number of nitrogens with zero attached hydrogens (tertiary/aromatic N) is 5. The normalized spacial score (nSPS) is 19.0. The van der Waals surface area contributed by atoms with Crippen molar-refractivity contribution < 1.29 is 9.59 Å². The topological polar surface area (TPSA) is 94.3 Å². The minimum absolute atomic E-state index is 0.0300. The third-order valence-corrected chi connectivity index (χ3v) is 4.71. The maximum Gasteiger partial charge on any atom is 0.271 e. The van der Waals surface area contributed by atoms with Crippen LogP contribution in [0.2, 0.25) is 0 Å². The van der Waals surface area contributed by atoms with Crippen LogP contribution in [0.25, 0.3) is 0 Å². The van der Waals surface area contributed by atoms with Gasteiger partial charge in [-0.05, 0) is 32.4 Å². The molecule has 1 N–H and O–H groups in total. The molecule has 8 nitrogen and oxygen atoms in total. The van der Waals surface area contributed by atoms with E-state index in [-0.39, 0.29) is 23.9 Å². The van der Waals surface area contributed by atoms with Gasteiger partial charge in [0.2, 0.25) is 5.91 Å². The number of hydrogen-bond acceptors (Lipinski definition) is 5. The van der Waals surface area contributed by atoms with Crippen LogP contribution in [0.5, 0.6) is 0 Å². The zero-order valence-electron chi connectivity index (χ0n) is 15.1. The van der Waals surface area contributed by atoms with Gasteiger partial charge < -0.3 is 10.2 Å². The van der Waals surface area contributed by atoms with Crippen molar-refractivity contribution in [1.29, 1.82) is 5.26 Å². The molecular formula is C17H26N6O2. The SMILES string of the molecule is CNC(=O)c1ccn(C2CCCN(C(C)C(=O)N(C)CCC#N)C2)n1. The van der Waals surface area contributed by atoms with E-state index in [1.807, 2.05) is 17.8 Å². The molecule has 8 heteroatoms. The molecule has 1 saturated heterocycles. The highest BCUT2D eigenvalue weighted by atomic mass is 16.2. The maximum absolute atomic E-state index is 12.5. The number of likely N-dealkylation sites (N-methyl/N-ethyl adjacent to an activating group) is 1. The molecule has 0 spiro atoms. The van der Waals surface area contributed by atoms with Crippen LogP contribution in [0, 0.1) is 11.3 Å². The molecular weight excluding hydrogens is 320 g/mol. The number of hydrogen-bond donors (Lipinski definition) is 1. The van der Waals surface area contributed by atoms with Crippen molar-refractivity contribution in [2.75, 3.05) is 33.7 Å². The molecule has 2 atom stereocenters. The van der Waals surface area contributed by atoms with Crippen molar-refractivity contribution in [1.82, 2.24) is 24.9 Å². The number of carbonyl (C=O) groups excluding carboxylic acids is 2. The minimum atomic E-state index is -0.236. The Morgan fingerprint density at radius 2 is 2.32 bits per heavy atom. The third kappa shape index (κ3) is 4.57. The van der Waals surface area contributed by atoms with Gasteiger partial charge in [-0.15, -0.1) is 0 Å². The van der Waals surface area contributed by atoms with Crippen molar-refractivity contribution in [3.05, 3.63) is 18.0 Å². The molecule has 136 valence electrons. The Kier molecular flexibility index (Phi) is 6.53. The smallest absolute Gasteiger partial charge is 0.271 e. The van der Waals surface area contributed by atoms with Crippen molar-refractivity contribution in [2.45, 2.75) is 38.3 Å². The molecule has 0 bridgehead atoms. The van der Waals surface area contributed by atoms with Gasteiger partial charge in [0.1, 0.15) is 5.69 Å². The highest BCUT2D eigenvalue weighted by molar-refractivity contribution is 5.91. The van der Waals surface area contributed by atoms with Crippen molar-refractivity contribution in [2.24, 2.45) is 0 Å². The summed E-state index contributed by atoms with van der Waals surface area (Å²) in [5.74, 6) is -0.170. The average molecular weight is 346 g/mol. The number of piperidine rings is 1. The van der Waals surface area contributed by atoms with Crippen molar-refractivity contribution in [3.63, 3.8) is 0 Å². The van der Waals surface area contributed by atoms with Crippen LogP contribution < -0.4 is 5.32 Å². The molecule has 0 aliphatic carbocycles. The van der Waals surface area contributed by atoms with Gasteiger partial charge in [0, 0.05) is 33.4 Å². The molecule has 2 unspecified atom stereocenters. The van der Waals surface area contributed by atoms with E-state index in [1.54, 1.807) is 25.1 Å². The van der Waals surface area contributed by atoms with Crippen LogP contribution in [0.15, 0.2) is 12.3 Å². The first-order chi connectivity index (χ1) is 12.0. The van der Waals surface area contributed by atoms with E-state index in [9.17, 15) is 9.59 Å². The van der Waals surface area contributed by atoms with Gasteiger partial charge in [-0.3, -0.25) is 19.2 Å². The molecule has 2 heterocycles. The highest BCUT2D eigenvalue weighted by Gasteiger charge is 2.30.